The lowest BCUT2D eigenvalue weighted by Gasteiger charge is -2.39. The van der Waals surface area contributed by atoms with Crippen LogP contribution in [0.25, 0.3) is 10.8 Å². The van der Waals surface area contributed by atoms with Gasteiger partial charge in [0.1, 0.15) is 12.4 Å². The summed E-state index contributed by atoms with van der Waals surface area (Å²) in [5.74, 6) is 1.00. The predicted octanol–water partition coefficient (Wildman–Crippen LogP) is 4.53. The fourth-order valence-corrected chi connectivity index (χ4v) is 6.31. The molecular formula is C29H32ClN7O. The van der Waals surface area contributed by atoms with Crippen LogP contribution in [0.2, 0.25) is 5.02 Å². The highest BCUT2D eigenvalue weighted by Gasteiger charge is 2.32. The van der Waals surface area contributed by atoms with Gasteiger partial charge in [-0.05, 0) is 50.9 Å². The van der Waals surface area contributed by atoms with Crippen molar-refractivity contribution in [1.82, 2.24) is 24.4 Å². The monoisotopic (exact) mass is 529 g/mol. The summed E-state index contributed by atoms with van der Waals surface area (Å²) in [6.07, 6.45) is 5.90. The van der Waals surface area contributed by atoms with Gasteiger partial charge in [-0.3, -0.25) is 4.90 Å². The molecule has 9 heteroatoms. The van der Waals surface area contributed by atoms with Gasteiger partial charge in [-0.1, -0.05) is 35.9 Å². The molecule has 1 saturated heterocycles. The summed E-state index contributed by atoms with van der Waals surface area (Å²) in [7, 11) is 2.14. The van der Waals surface area contributed by atoms with Crippen molar-refractivity contribution >= 4 is 33.9 Å². The molecule has 0 spiro atoms. The third-order valence-electron chi connectivity index (χ3n) is 8.43. The van der Waals surface area contributed by atoms with Crippen molar-refractivity contribution in [3.63, 3.8) is 0 Å². The van der Waals surface area contributed by atoms with Crippen LogP contribution < -0.4 is 14.5 Å². The van der Waals surface area contributed by atoms with Crippen molar-refractivity contribution in [3.8, 4) is 6.01 Å². The van der Waals surface area contributed by atoms with E-state index in [0.29, 0.717) is 25.2 Å². The third kappa shape index (κ3) is 4.07. The number of halogens is 1. The topological polar surface area (TPSA) is 62.6 Å². The zero-order valence-electron chi connectivity index (χ0n) is 21.8. The average Bonchev–Trinajstić information content (AvgIpc) is 3.38. The van der Waals surface area contributed by atoms with E-state index in [0.717, 1.165) is 72.0 Å². The Hall–Kier alpha value is -3.36. The molecule has 0 aliphatic carbocycles. The lowest BCUT2D eigenvalue weighted by atomic mass is 10.0. The maximum absolute atomic E-state index is 6.69. The second kappa shape index (κ2) is 9.43. The third-order valence-corrected chi connectivity index (χ3v) is 8.75. The van der Waals surface area contributed by atoms with E-state index in [1.807, 2.05) is 24.7 Å². The highest BCUT2D eigenvalue weighted by Crippen LogP contribution is 2.38. The zero-order valence-corrected chi connectivity index (χ0v) is 22.6. The van der Waals surface area contributed by atoms with Gasteiger partial charge in [-0.25, -0.2) is 4.98 Å². The van der Waals surface area contributed by atoms with E-state index in [-0.39, 0.29) is 6.04 Å². The SMILES string of the molecule is C[C@@H]1Cn2cncc2CN1c1nc(OCC2CCN2C)nc2c1CCN(c1cccc3cccc(Cl)c13)C2. The van der Waals surface area contributed by atoms with E-state index in [2.05, 4.69) is 62.5 Å². The van der Waals surface area contributed by atoms with Crippen LogP contribution in [-0.2, 0) is 26.1 Å². The highest BCUT2D eigenvalue weighted by molar-refractivity contribution is 6.36. The molecule has 2 atom stereocenters. The number of anilines is 2. The first-order valence-corrected chi connectivity index (χ1v) is 13.8. The number of imidazole rings is 1. The van der Waals surface area contributed by atoms with Gasteiger partial charge >= 0.3 is 6.01 Å². The molecular weight excluding hydrogens is 498 g/mol. The minimum atomic E-state index is 0.288. The molecule has 196 valence electrons. The van der Waals surface area contributed by atoms with Crippen LogP contribution in [0.4, 0.5) is 11.5 Å². The predicted molar refractivity (Wildman–Crippen MR) is 150 cm³/mol. The number of hydrogen-bond acceptors (Lipinski definition) is 7. The number of rotatable bonds is 5. The molecule has 1 unspecified atom stereocenters. The summed E-state index contributed by atoms with van der Waals surface area (Å²) in [4.78, 5) is 21.5. The molecule has 3 aliphatic heterocycles. The van der Waals surface area contributed by atoms with Crippen molar-refractivity contribution in [2.24, 2.45) is 0 Å². The second-order valence-corrected chi connectivity index (χ2v) is 11.2. The number of benzene rings is 2. The maximum Gasteiger partial charge on any atom is 0.318 e. The molecule has 7 rings (SSSR count). The molecule has 2 aromatic carbocycles. The van der Waals surface area contributed by atoms with Crippen molar-refractivity contribution in [3.05, 3.63) is 70.9 Å². The summed E-state index contributed by atoms with van der Waals surface area (Å²) in [5, 5.41) is 3.02. The number of ether oxygens (including phenoxy) is 1. The molecule has 0 amide bonds. The fraction of sp³-hybridized carbons (Fsp3) is 0.414. The summed E-state index contributed by atoms with van der Waals surface area (Å²) < 4.78 is 8.49. The van der Waals surface area contributed by atoms with Gasteiger partial charge in [0.05, 0.1) is 35.8 Å². The smallest absolute Gasteiger partial charge is 0.318 e. The van der Waals surface area contributed by atoms with E-state index in [9.17, 15) is 0 Å². The van der Waals surface area contributed by atoms with Gasteiger partial charge in [-0.15, -0.1) is 0 Å². The fourth-order valence-electron chi connectivity index (χ4n) is 6.03. The van der Waals surface area contributed by atoms with Gasteiger partial charge in [0.25, 0.3) is 0 Å². The van der Waals surface area contributed by atoms with Crippen molar-refractivity contribution in [2.75, 3.05) is 36.5 Å². The number of likely N-dealkylation sites (N-methyl/N-ethyl adjacent to an activating group) is 1. The molecule has 8 nitrogen and oxygen atoms in total. The minimum absolute atomic E-state index is 0.288. The molecule has 0 bridgehead atoms. The van der Waals surface area contributed by atoms with E-state index >= 15 is 0 Å². The largest absolute Gasteiger partial charge is 0.462 e. The first-order chi connectivity index (χ1) is 18.5. The Kier molecular flexibility index (Phi) is 5.89. The molecule has 5 heterocycles. The maximum atomic E-state index is 6.69. The number of fused-ring (bicyclic) bond motifs is 3. The Bertz CT molecular complexity index is 1500. The van der Waals surface area contributed by atoms with Crippen LogP contribution in [-0.4, -0.2) is 63.2 Å². The molecule has 4 aromatic rings. The van der Waals surface area contributed by atoms with Gasteiger partial charge < -0.3 is 19.1 Å². The molecule has 0 N–H and O–H groups in total. The summed E-state index contributed by atoms with van der Waals surface area (Å²) in [5.41, 5.74) is 4.61. The Morgan fingerprint density at radius 2 is 1.95 bits per heavy atom. The Balaban J connectivity index is 1.26. The van der Waals surface area contributed by atoms with E-state index in [1.54, 1.807) is 0 Å². The Morgan fingerprint density at radius 1 is 1.08 bits per heavy atom. The normalized spacial score (nSPS) is 21.2. The number of likely N-dealkylation sites (tertiary alicyclic amines) is 1. The van der Waals surface area contributed by atoms with Crippen LogP contribution in [0.5, 0.6) is 6.01 Å². The van der Waals surface area contributed by atoms with Crippen LogP contribution in [0.1, 0.15) is 30.3 Å². The summed E-state index contributed by atoms with van der Waals surface area (Å²) in [6.45, 7) is 7.21. The van der Waals surface area contributed by atoms with Crippen LogP contribution in [0.3, 0.4) is 0 Å². The number of hydrogen-bond donors (Lipinski definition) is 0. The van der Waals surface area contributed by atoms with Crippen LogP contribution in [0, 0.1) is 0 Å². The quantitative estimate of drug-likeness (QED) is 0.376. The first kappa shape index (κ1) is 23.7. The molecule has 0 saturated carbocycles. The number of nitrogens with zero attached hydrogens (tertiary/aromatic N) is 7. The zero-order chi connectivity index (χ0) is 25.8. The van der Waals surface area contributed by atoms with Gasteiger partial charge in [-0.2, -0.15) is 9.97 Å². The molecule has 0 radical (unpaired) electrons. The van der Waals surface area contributed by atoms with Crippen LogP contribution in [0.15, 0.2) is 48.9 Å². The first-order valence-electron chi connectivity index (χ1n) is 13.5. The lowest BCUT2D eigenvalue weighted by molar-refractivity contribution is 0.0729. The summed E-state index contributed by atoms with van der Waals surface area (Å²) in [6, 6.07) is 13.7. The Labute approximate surface area is 227 Å². The standard InChI is InChI=1S/C29H32ClN7O/c1-19-14-36-18-31-13-22(36)15-37(19)28-23-10-12-35(26-8-4-6-20-5-3-7-24(30)27(20)26)16-25(23)32-29(33-28)38-17-21-9-11-34(21)2/h3-8,13,18-19,21H,9-12,14-17H2,1-2H3/t19-,21?/m1/s1. The number of aromatic nitrogens is 4. The van der Waals surface area contributed by atoms with Gasteiger partial charge in [0.2, 0.25) is 0 Å². The van der Waals surface area contributed by atoms with Gasteiger partial charge in [0.15, 0.2) is 0 Å². The van der Waals surface area contributed by atoms with E-state index in [1.165, 1.54) is 11.3 Å². The van der Waals surface area contributed by atoms with Crippen molar-refractivity contribution < 1.29 is 4.74 Å². The van der Waals surface area contributed by atoms with Crippen molar-refractivity contribution in [2.45, 2.75) is 51.5 Å². The molecule has 38 heavy (non-hydrogen) atoms. The van der Waals surface area contributed by atoms with E-state index in [4.69, 9.17) is 26.3 Å². The molecule has 2 aromatic heterocycles. The van der Waals surface area contributed by atoms with Crippen LogP contribution >= 0.6 is 11.6 Å². The van der Waals surface area contributed by atoms with Gasteiger partial charge in [0, 0.05) is 48.0 Å². The lowest BCUT2D eigenvalue weighted by Crippen LogP contribution is -2.48. The van der Waals surface area contributed by atoms with Crippen molar-refractivity contribution in [1.29, 1.82) is 0 Å². The Morgan fingerprint density at radius 3 is 2.76 bits per heavy atom. The van der Waals surface area contributed by atoms with E-state index < -0.39 is 0 Å². The summed E-state index contributed by atoms with van der Waals surface area (Å²) >= 11 is 6.69. The highest BCUT2D eigenvalue weighted by atomic mass is 35.5. The second-order valence-electron chi connectivity index (χ2n) is 10.8. The molecule has 1 fully saturated rings. The minimum Gasteiger partial charge on any atom is -0.462 e. The molecule has 3 aliphatic rings. The average molecular weight is 530 g/mol.